The topological polar surface area (TPSA) is 132 Å². The van der Waals surface area contributed by atoms with Crippen molar-refractivity contribution < 1.29 is 23.8 Å². The first-order valence-corrected chi connectivity index (χ1v) is 9.02. The number of carbonyl (C=O) groups is 2. The van der Waals surface area contributed by atoms with Crippen LogP contribution in [0.25, 0.3) is 0 Å². The van der Waals surface area contributed by atoms with Crippen molar-refractivity contribution in [3.05, 3.63) is 50.7 Å². The van der Waals surface area contributed by atoms with Gasteiger partial charge in [-0.25, -0.2) is 9.59 Å². The van der Waals surface area contributed by atoms with E-state index in [4.69, 9.17) is 19.9 Å². The van der Waals surface area contributed by atoms with Crippen LogP contribution in [0, 0.1) is 0 Å². The molecule has 1 aliphatic rings. The fraction of sp³-hybridized carbons (Fsp3) is 0.368. The summed E-state index contributed by atoms with van der Waals surface area (Å²) in [5, 5.41) is 0. The number of ketones is 1. The Bertz CT molecular complexity index is 1070. The van der Waals surface area contributed by atoms with E-state index in [0.717, 1.165) is 9.13 Å². The summed E-state index contributed by atoms with van der Waals surface area (Å²) in [5.41, 5.74) is 4.04. The van der Waals surface area contributed by atoms with Gasteiger partial charge < -0.3 is 19.9 Å². The number of ether oxygens (including phenoxy) is 3. The second kappa shape index (κ2) is 8.21. The minimum atomic E-state index is -1.05. The summed E-state index contributed by atoms with van der Waals surface area (Å²) >= 11 is 0. The molecule has 2 heterocycles. The van der Waals surface area contributed by atoms with Gasteiger partial charge in [0.05, 0.1) is 0 Å². The van der Waals surface area contributed by atoms with Crippen LogP contribution in [0.1, 0.15) is 23.7 Å². The largest absolute Gasteiger partial charge is 0.485 e. The third-order valence-corrected chi connectivity index (χ3v) is 4.43. The zero-order chi connectivity index (χ0) is 21.1. The molecule has 3 rings (SSSR count). The molecule has 1 atom stereocenters. The van der Waals surface area contributed by atoms with E-state index in [1.165, 1.54) is 7.05 Å². The van der Waals surface area contributed by atoms with Crippen LogP contribution >= 0.6 is 0 Å². The molecule has 0 radical (unpaired) electrons. The van der Waals surface area contributed by atoms with Gasteiger partial charge in [0.1, 0.15) is 18.0 Å². The quantitative estimate of drug-likeness (QED) is 0.531. The molecule has 0 amide bonds. The van der Waals surface area contributed by atoms with Crippen molar-refractivity contribution in [2.24, 2.45) is 7.05 Å². The van der Waals surface area contributed by atoms with Gasteiger partial charge in [-0.3, -0.25) is 18.7 Å². The van der Waals surface area contributed by atoms with Crippen molar-refractivity contribution in [1.82, 2.24) is 9.13 Å². The molecule has 0 saturated carbocycles. The van der Waals surface area contributed by atoms with Crippen LogP contribution in [0.4, 0.5) is 5.82 Å². The van der Waals surface area contributed by atoms with E-state index in [1.54, 1.807) is 24.3 Å². The van der Waals surface area contributed by atoms with Gasteiger partial charge in [0, 0.05) is 13.6 Å². The Morgan fingerprint density at radius 3 is 2.62 bits per heavy atom. The smallest absolute Gasteiger partial charge is 0.351 e. The Kier molecular flexibility index (Phi) is 5.71. The lowest BCUT2D eigenvalue weighted by Crippen LogP contribution is -2.43. The molecule has 10 nitrogen and oxygen atoms in total. The first-order chi connectivity index (χ1) is 13.8. The van der Waals surface area contributed by atoms with Crippen LogP contribution in [0.5, 0.6) is 11.5 Å². The minimum Gasteiger partial charge on any atom is -0.485 e. The van der Waals surface area contributed by atoms with Crippen LogP contribution in [-0.4, -0.2) is 40.2 Å². The summed E-state index contributed by atoms with van der Waals surface area (Å²) in [7, 11) is 1.25. The lowest BCUT2D eigenvalue weighted by atomic mass is 10.2. The maximum absolute atomic E-state index is 12.5. The first-order valence-electron chi connectivity index (χ1n) is 9.02. The average molecular weight is 403 g/mol. The number of hydrogen-bond donors (Lipinski definition) is 1. The van der Waals surface area contributed by atoms with Crippen LogP contribution in [0.2, 0.25) is 0 Å². The summed E-state index contributed by atoms with van der Waals surface area (Å²) < 4.78 is 17.9. The highest BCUT2D eigenvalue weighted by Crippen LogP contribution is 2.31. The number of Topliss-reactive ketones (excluding diaryl/α,β-unsaturated/α-hetero) is 1. The third-order valence-electron chi connectivity index (χ3n) is 4.43. The molecule has 10 heteroatoms. The lowest BCUT2D eigenvalue weighted by molar-refractivity contribution is -0.153. The van der Waals surface area contributed by atoms with E-state index in [9.17, 15) is 19.2 Å². The fourth-order valence-electron chi connectivity index (χ4n) is 2.92. The predicted octanol–water partition coefficient (Wildman–Crippen LogP) is 0.105. The van der Waals surface area contributed by atoms with Crippen molar-refractivity contribution in [3.63, 3.8) is 0 Å². The number of rotatable bonds is 6. The molecule has 0 unspecified atom stereocenters. The Labute approximate surface area is 165 Å². The number of para-hydroxylation sites is 2. The number of carbonyl (C=O) groups excluding carboxylic acids is 2. The normalized spacial score (nSPS) is 15.0. The highest BCUT2D eigenvalue weighted by Gasteiger charge is 2.30. The van der Waals surface area contributed by atoms with Crippen LogP contribution in [0.3, 0.4) is 0 Å². The number of nitrogens with zero attached hydrogens (tertiary/aromatic N) is 2. The van der Waals surface area contributed by atoms with Gasteiger partial charge in [-0.2, -0.15) is 0 Å². The van der Waals surface area contributed by atoms with E-state index < -0.39 is 35.7 Å². The number of benzene rings is 1. The van der Waals surface area contributed by atoms with Gasteiger partial charge in [-0.05, 0) is 18.6 Å². The maximum atomic E-state index is 12.5. The Hall–Kier alpha value is -3.56. The maximum Gasteiger partial charge on any atom is 0.351 e. The van der Waals surface area contributed by atoms with Gasteiger partial charge >= 0.3 is 11.7 Å². The number of esters is 1. The zero-order valence-electron chi connectivity index (χ0n) is 16.0. The molecule has 0 bridgehead atoms. The number of fused-ring (bicyclic) bond motifs is 1. The summed E-state index contributed by atoms with van der Waals surface area (Å²) in [6.07, 6.45) is -0.474. The monoisotopic (exact) mass is 403 g/mol. The lowest BCUT2D eigenvalue weighted by Gasteiger charge is -2.24. The Morgan fingerprint density at radius 2 is 1.93 bits per heavy atom. The van der Waals surface area contributed by atoms with Crippen LogP contribution in [-0.2, 0) is 23.1 Å². The molecule has 1 aliphatic heterocycles. The number of nitrogens with two attached hydrogens (primary N) is 1. The van der Waals surface area contributed by atoms with Gasteiger partial charge in [0.2, 0.25) is 11.9 Å². The molecule has 2 aromatic rings. The van der Waals surface area contributed by atoms with E-state index in [0.29, 0.717) is 17.9 Å². The van der Waals surface area contributed by atoms with Crippen molar-refractivity contribution in [1.29, 1.82) is 0 Å². The predicted molar refractivity (Wildman–Crippen MR) is 102 cm³/mol. The molecule has 1 aromatic carbocycles. The molecular formula is C19H21N3O7. The number of hydrogen-bond acceptors (Lipinski definition) is 8. The third kappa shape index (κ3) is 3.86. The Morgan fingerprint density at radius 1 is 1.24 bits per heavy atom. The average Bonchev–Trinajstić information content (AvgIpc) is 2.73. The summed E-state index contributed by atoms with van der Waals surface area (Å²) in [4.78, 5) is 49.3. The summed E-state index contributed by atoms with van der Waals surface area (Å²) in [6.45, 7) is 1.27. The molecule has 1 aromatic heterocycles. The van der Waals surface area contributed by atoms with Crippen molar-refractivity contribution in [2.75, 3.05) is 18.9 Å². The van der Waals surface area contributed by atoms with Gasteiger partial charge in [-0.15, -0.1) is 0 Å². The minimum absolute atomic E-state index is 0.0741. The van der Waals surface area contributed by atoms with Crippen molar-refractivity contribution >= 4 is 17.6 Å². The SMILES string of the molecule is CCCn1c(N)c(C(=O)COC(=O)[C@H]2COc3ccccc3O2)c(=O)n(C)c1=O. The van der Waals surface area contributed by atoms with Crippen LogP contribution in [0.15, 0.2) is 33.9 Å². The second-order valence-corrected chi connectivity index (χ2v) is 6.45. The van der Waals surface area contributed by atoms with Gasteiger partial charge in [0.25, 0.3) is 5.56 Å². The molecule has 0 aliphatic carbocycles. The van der Waals surface area contributed by atoms with E-state index in [2.05, 4.69) is 0 Å². The zero-order valence-corrected chi connectivity index (χ0v) is 16.0. The molecule has 0 spiro atoms. The van der Waals surface area contributed by atoms with Crippen molar-refractivity contribution in [3.8, 4) is 11.5 Å². The molecule has 154 valence electrons. The van der Waals surface area contributed by atoms with E-state index in [-0.39, 0.29) is 24.5 Å². The van der Waals surface area contributed by atoms with E-state index >= 15 is 0 Å². The summed E-state index contributed by atoms with van der Waals surface area (Å²) in [5.74, 6) is -0.977. The summed E-state index contributed by atoms with van der Waals surface area (Å²) in [6, 6.07) is 6.83. The molecular weight excluding hydrogens is 382 g/mol. The molecule has 29 heavy (non-hydrogen) atoms. The molecule has 0 fully saturated rings. The fourth-order valence-corrected chi connectivity index (χ4v) is 2.92. The molecule has 0 saturated heterocycles. The van der Waals surface area contributed by atoms with Gasteiger partial charge in [0.15, 0.2) is 18.1 Å². The highest BCUT2D eigenvalue weighted by molar-refractivity contribution is 6.01. The number of nitrogen functional groups attached to an aromatic ring is 1. The number of aromatic nitrogens is 2. The highest BCUT2D eigenvalue weighted by atomic mass is 16.6. The van der Waals surface area contributed by atoms with Gasteiger partial charge in [-0.1, -0.05) is 19.1 Å². The van der Waals surface area contributed by atoms with E-state index in [1.807, 2.05) is 6.92 Å². The second-order valence-electron chi connectivity index (χ2n) is 6.45. The van der Waals surface area contributed by atoms with Crippen LogP contribution < -0.4 is 26.5 Å². The Balaban J connectivity index is 1.74. The van der Waals surface area contributed by atoms with Crippen molar-refractivity contribution in [2.45, 2.75) is 26.0 Å². The first kappa shape index (κ1) is 20.2. The molecule has 2 N–H and O–H groups in total. The standard InChI is InChI=1S/C19H21N3O7/c1-3-8-22-16(20)15(17(24)21(2)19(22)26)11(23)9-28-18(25)14-10-27-12-6-4-5-7-13(12)29-14/h4-7,14H,3,8-10,20H2,1-2H3/t14-/m1/s1. The number of anilines is 1.